The highest BCUT2D eigenvalue weighted by Crippen LogP contribution is 2.28. The Kier molecular flexibility index (Phi) is 4.17. The minimum atomic E-state index is 0.213. The van der Waals surface area contributed by atoms with Gasteiger partial charge in [0.05, 0.1) is 5.52 Å². The molecule has 3 rings (SSSR count). The van der Waals surface area contributed by atoms with Crippen molar-refractivity contribution in [2.24, 2.45) is 0 Å². The van der Waals surface area contributed by atoms with Crippen molar-refractivity contribution in [2.45, 2.75) is 37.8 Å². The van der Waals surface area contributed by atoms with Crippen LogP contribution in [0.5, 0.6) is 5.75 Å². The second kappa shape index (κ2) is 6.06. The summed E-state index contributed by atoms with van der Waals surface area (Å²) in [4.78, 5) is 8.79. The molecule has 0 spiro atoms. The molecule has 0 aromatic carbocycles. The molecule has 1 aliphatic carbocycles. The number of aromatic nitrogens is 2. The smallest absolute Gasteiger partial charge is 0.149 e. The fraction of sp³-hybridized carbons (Fsp3) is 0.467. The molecule has 1 saturated carbocycles. The van der Waals surface area contributed by atoms with Gasteiger partial charge in [0.2, 0.25) is 0 Å². The van der Waals surface area contributed by atoms with Gasteiger partial charge in [0.15, 0.2) is 0 Å². The second-order valence-corrected chi connectivity index (χ2v) is 6.08. The number of nitrogens with one attached hydrogen (secondary N) is 1. The molecule has 0 aliphatic heterocycles. The van der Waals surface area contributed by atoms with Crippen LogP contribution in [0.1, 0.15) is 25.7 Å². The van der Waals surface area contributed by atoms with Crippen LogP contribution in [0, 0.1) is 0 Å². The van der Waals surface area contributed by atoms with Gasteiger partial charge >= 0.3 is 0 Å². The number of nitrogens with zero attached hydrogens (tertiary/aromatic N) is 2. The van der Waals surface area contributed by atoms with E-state index < -0.39 is 0 Å². The molecular weight excluding hydrogens is 318 g/mol. The summed E-state index contributed by atoms with van der Waals surface area (Å²) in [7, 11) is 2.01. The van der Waals surface area contributed by atoms with Gasteiger partial charge in [-0.05, 0) is 48.3 Å². The summed E-state index contributed by atoms with van der Waals surface area (Å²) in [5.74, 6) is 0.828. The van der Waals surface area contributed by atoms with E-state index in [0.29, 0.717) is 6.04 Å². The van der Waals surface area contributed by atoms with Gasteiger partial charge in [-0.2, -0.15) is 0 Å². The van der Waals surface area contributed by atoms with Gasteiger partial charge in [-0.1, -0.05) is 6.42 Å². The largest absolute Gasteiger partial charge is 0.486 e. The molecule has 4 nitrogen and oxygen atoms in total. The number of hydrogen-bond donors (Lipinski definition) is 1. The number of rotatable bonds is 3. The van der Waals surface area contributed by atoms with Crippen LogP contribution in [-0.2, 0) is 0 Å². The molecule has 20 heavy (non-hydrogen) atoms. The van der Waals surface area contributed by atoms with E-state index in [1.165, 1.54) is 19.3 Å². The van der Waals surface area contributed by atoms with Crippen LogP contribution in [0.25, 0.3) is 11.0 Å². The predicted molar refractivity (Wildman–Crippen MR) is 83.0 cm³/mol. The summed E-state index contributed by atoms with van der Waals surface area (Å²) >= 11 is 3.42. The molecule has 2 aromatic heterocycles. The maximum Gasteiger partial charge on any atom is 0.149 e. The summed E-state index contributed by atoms with van der Waals surface area (Å²) in [5.41, 5.74) is 1.69. The van der Waals surface area contributed by atoms with Gasteiger partial charge < -0.3 is 10.1 Å². The minimum absolute atomic E-state index is 0.213. The fourth-order valence-electron chi connectivity index (χ4n) is 2.81. The Hall–Kier alpha value is -1.20. The van der Waals surface area contributed by atoms with E-state index in [1.54, 1.807) is 12.4 Å². The molecule has 1 fully saturated rings. The number of halogens is 1. The monoisotopic (exact) mass is 335 g/mol. The molecule has 2 heterocycles. The summed E-state index contributed by atoms with van der Waals surface area (Å²) in [6.45, 7) is 0. The van der Waals surface area contributed by atoms with Crippen molar-refractivity contribution in [2.75, 3.05) is 7.05 Å². The Morgan fingerprint density at radius 3 is 3.00 bits per heavy atom. The van der Waals surface area contributed by atoms with E-state index in [1.807, 2.05) is 19.2 Å². The lowest BCUT2D eigenvalue weighted by molar-refractivity contribution is 0.119. The third-order valence-corrected chi connectivity index (χ3v) is 4.29. The summed E-state index contributed by atoms with van der Waals surface area (Å²) in [6.07, 6.45) is 8.54. The summed E-state index contributed by atoms with van der Waals surface area (Å²) in [5, 5.41) is 3.36. The van der Waals surface area contributed by atoms with Gasteiger partial charge in [0.1, 0.15) is 17.4 Å². The SMILES string of the molecule is CNC1CCCCC1Oc1ccnc2cc(Br)cnc12. The lowest BCUT2D eigenvalue weighted by atomic mass is 9.92. The van der Waals surface area contributed by atoms with Gasteiger partial charge in [-0.15, -0.1) is 0 Å². The fourth-order valence-corrected chi connectivity index (χ4v) is 3.13. The van der Waals surface area contributed by atoms with Crippen LogP contribution in [0.4, 0.5) is 0 Å². The first-order valence-corrected chi connectivity index (χ1v) is 7.81. The first-order chi connectivity index (χ1) is 9.78. The van der Waals surface area contributed by atoms with E-state index in [2.05, 4.69) is 31.2 Å². The van der Waals surface area contributed by atoms with E-state index in [-0.39, 0.29) is 6.10 Å². The first-order valence-electron chi connectivity index (χ1n) is 7.02. The summed E-state index contributed by atoms with van der Waals surface area (Å²) in [6, 6.07) is 4.29. The topological polar surface area (TPSA) is 47.0 Å². The maximum absolute atomic E-state index is 6.23. The molecule has 2 unspecified atom stereocenters. The van der Waals surface area contributed by atoms with Gasteiger partial charge in [0.25, 0.3) is 0 Å². The van der Waals surface area contributed by atoms with Crippen molar-refractivity contribution in [1.82, 2.24) is 15.3 Å². The Morgan fingerprint density at radius 1 is 1.30 bits per heavy atom. The third-order valence-electron chi connectivity index (χ3n) is 3.86. The highest BCUT2D eigenvalue weighted by molar-refractivity contribution is 9.10. The van der Waals surface area contributed by atoms with E-state index >= 15 is 0 Å². The second-order valence-electron chi connectivity index (χ2n) is 5.17. The van der Waals surface area contributed by atoms with Crippen LogP contribution in [0.3, 0.4) is 0 Å². The zero-order valence-electron chi connectivity index (χ0n) is 11.5. The first kappa shape index (κ1) is 13.8. The standard InChI is InChI=1S/C15H18BrN3O/c1-17-11-4-2-3-5-13(11)20-14-6-7-18-12-8-10(16)9-19-15(12)14/h6-9,11,13,17H,2-5H2,1H3. The van der Waals surface area contributed by atoms with Crippen LogP contribution in [0.15, 0.2) is 29.0 Å². The van der Waals surface area contributed by atoms with Crippen LogP contribution >= 0.6 is 15.9 Å². The van der Waals surface area contributed by atoms with E-state index in [4.69, 9.17) is 4.74 Å². The normalized spacial score (nSPS) is 22.9. The van der Waals surface area contributed by atoms with Crippen molar-refractivity contribution in [3.8, 4) is 5.75 Å². The molecule has 0 bridgehead atoms. The van der Waals surface area contributed by atoms with Crippen LogP contribution < -0.4 is 10.1 Å². The Balaban J connectivity index is 1.90. The highest BCUT2D eigenvalue weighted by Gasteiger charge is 2.26. The van der Waals surface area contributed by atoms with E-state index in [0.717, 1.165) is 27.7 Å². The molecule has 1 aliphatic rings. The molecule has 0 radical (unpaired) electrons. The average Bonchev–Trinajstić information content (AvgIpc) is 2.47. The molecule has 1 N–H and O–H groups in total. The molecular formula is C15H18BrN3O. The van der Waals surface area contributed by atoms with Crippen molar-refractivity contribution in [1.29, 1.82) is 0 Å². The van der Waals surface area contributed by atoms with Gasteiger partial charge in [-0.25, -0.2) is 4.98 Å². The van der Waals surface area contributed by atoms with Crippen molar-refractivity contribution < 1.29 is 4.74 Å². The summed E-state index contributed by atoms with van der Waals surface area (Å²) < 4.78 is 7.16. The predicted octanol–water partition coefficient (Wildman–Crippen LogP) is 3.30. The number of hydrogen-bond acceptors (Lipinski definition) is 4. The quantitative estimate of drug-likeness (QED) is 0.934. The number of fused-ring (bicyclic) bond motifs is 1. The maximum atomic E-state index is 6.23. The highest BCUT2D eigenvalue weighted by atomic mass is 79.9. The van der Waals surface area contributed by atoms with Gasteiger partial charge in [-0.3, -0.25) is 4.98 Å². The minimum Gasteiger partial charge on any atom is -0.486 e. The Morgan fingerprint density at radius 2 is 2.15 bits per heavy atom. The van der Waals surface area contributed by atoms with Gasteiger partial charge in [0, 0.05) is 29.0 Å². The Labute approximate surface area is 127 Å². The lowest BCUT2D eigenvalue weighted by Crippen LogP contribution is -2.43. The van der Waals surface area contributed by atoms with Crippen molar-refractivity contribution in [3.63, 3.8) is 0 Å². The van der Waals surface area contributed by atoms with Crippen molar-refractivity contribution >= 4 is 27.0 Å². The van der Waals surface area contributed by atoms with Crippen molar-refractivity contribution in [3.05, 3.63) is 29.0 Å². The van der Waals surface area contributed by atoms with Crippen LogP contribution in [0.2, 0.25) is 0 Å². The zero-order chi connectivity index (χ0) is 13.9. The lowest BCUT2D eigenvalue weighted by Gasteiger charge is -2.31. The van der Waals surface area contributed by atoms with Crippen LogP contribution in [-0.4, -0.2) is 29.2 Å². The molecule has 0 amide bonds. The third kappa shape index (κ3) is 2.79. The Bertz CT molecular complexity index is 605. The number of pyridine rings is 2. The molecule has 0 saturated heterocycles. The molecule has 2 aromatic rings. The average molecular weight is 336 g/mol. The molecule has 2 atom stereocenters. The molecule has 5 heteroatoms. The van der Waals surface area contributed by atoms with E-state index in [9.17, 15) is 0 Å². The number of likely N-dealkylation sites (N-methyl/N-ethyl adjacent to an activating group) is 1. The zero-order valence-corrected chi connectivity index (χ0v) is 13.1. The number of ether oxygens (including phenoxy) is 1. The molecule has 106 valence electrons.